The van der Waals surface area contributed by atoms with Gasteiger partial charge < -0.3 is 10.4 Å². The highest BCUT2D eigenvalue weighted by Crippen LogP contribution is 2.26. The molecule has 4 nitrogen and oxygen atoms in total. The largest absolute Gasteiger partial charge is 0.507 e. The predicted octanol–water partition coefficient (Wildman–Crippen LogP) is 2.20. The van der Waals surface area contributed by atoms with Crippen LogP contribution in [0.1, 0.15) is 5.69 Å². The number of aromatic hydroxyl groups is 1. The van der Waals surface area contributed by atoms with E-state index in [9.17, 15) is 5.11 Å². The molecule has 0 saturated carbocycles. The van der Waals surface area contributed by atoms with Gasteiger partial charge in [0, 0.05) is 18.8 Å². The number of nitrogens with zero attached hydrogens (tertiary/aromatic N) is 2. The van der Waals surface area contributed by atoms with Crippen LogP contribution >= 0.6 is 0 Å². The number of nitrogens with one attached hydrogen (secondary N) is 1. The van der Waals surface area contributed by atoms with Gasteiger partial charge >= 0.3 is 0 Å². The lowest BCUT2D eigenvalue weighted by Crippen LogP contribution is -1.98. The van der Waals surface area contributed by atoms with Crippen LogP contribution in [0.2, 0.25) is 0 Å². The third kappa shape index (κ3) is 1.95. The Bertz CT molecular complexity index is 511. The lowest BCUT2D eigenvalue weighted by Gasteiger charge is -2.06. The zero-order valence-electron chi connectivity index (χ0n) is 9.23. The van der Waals surface area contributed by atoms with E-state index in [0.717, 1.165) is 11.5 Å². The van der Waals surface area contributed by atoms with Gasteiger partial charge in [0.15, 0.2) is 5.82 Å². The molecule has 0 amide bonds. The first-order valence-electron chi connectivity index (χ1n) is 5.02. The molecule has 16 heavy (non-hydrogen) atoms. The summed E-state index contributed by atoms with van der Waals surface area (Å²) in [5.74, 6) is 1.46. The maximum absolute atomic E-state index is 9.72. The third-order valence-electron chi connectivity index (χ3n) is 2.26. The Labute approximate surface area is 94.0 Å². The van der Waals surface area contributed by atoms with Crippen LogP contribution in [-0.4, -0.2) is 22.1 Å². The first-order chi connectivity index (χ1) is 7.70. The van der Waals surface area contributed by atoms with Crippen LogP contribution in [0.25, 0.3) is 11.4 Å². The van der Waals surface area contributed by atoms with Crippen LogP contribution in [0.5, 0.6) is 5.75 Å². The van der Waals surface area contributed by atoms with Crippen molar-refractivity contribution in [3.8, 4) is 17.1 Å². The molecule has 82 valence electrons. The summed E-state index contributed by atoms with van der Waals surface area (Å²) in [5.41, 5.74) is 1.50. The van der Waals surface area contributed by atoms with E-state index in [4.69, 9.17) is 0 Å². The smallest absolute Gasteiger partial charge is 0.165 e. The fourth-order valence-corrected chi connectivity index (χ4v) is 1.48. The van der Waals surface area contributed by atoms with Crippen LogP contribution in [0.15, 0.2) is 30.3 Å². The number of anilines is 1. The van der Waals surface area contributed by atoms with E-state index in [2.05, 4.69) is 15.3 Å². The van der Waals surface area contributed by atoms with Gasteiger partial charge in [-0.25, -0.2) is 9.97 Å². The van der Waals surface area contributed by atoms with E-state index in [0.29, 0.717) is 11.4 Å². The molecule has 1 aromatic carbocycles. The van der Waals surface area contributed by atoms with Crippen LogP contribution in [-0.2, 0) is 0 Å². The Balaban J connectivity index is 2.56. The number of aryl methyl sites for hydroxylation is 1. The van der Waals surface area contributed by atoms with E-state index >= 15 is 0 Å². The molecular weight excluding hydrogens is 202 g/mol. The summed E-state index contributed by atoms with van der Waals surface area (Å²) < 4.78 is 0. The fourth-order valence-electron chi connectivity index (χ4n) is 1.48. The van der Waals surface area contributed by atoms with E-state index in [1.807, 2.05) is 19.1 Å². The van der Waals surface area contributed by atoms with Crippen molar-refractivity contribution < 1.29 is 5.11 Å². The molecule has 0 aliphatic rings. The van der Waals surface area contributed by atoms with Gasteiger partial charge in [0.1, 0.15) is 11.6 Å². The van der Waals surface area contributed by atoms with Crippen LogP contribution in [0.3, 0.4) is 0 Å². The maximum atomic E-state index is 9.72. The standard InChI is InChI=1S/C12H13N3O/c1-8-7-11(13-2)15-12(14-8)9-5-3-4-6-10(9)16/h3-7,16H,1-2H3,(H,13,14,15). The maximum Gasteiger partial charge on any atom is 0.165 e. The van der Waals surface area contributed by atoms with Crippen molar-refractivity contribution >= 4 is 5.82 Å². The Kier molecular flexibility index (Phi) is 2.72. The summed E-state index contributed by atoms with van der Waals surface area (Å²) in [6.45, 7) is 1.89. The predicted molar refractivity (Wildman–Crippen MR) is 63.4 cm³/mol. The average molecular weight is 215 g/mol. The molecule has 0 unspecified atom stereocenters. The highest BCUT2D eigenvalue weighted by atomic mass is 16.3. The summed E-state index contributed by atoms with van der Waals surface area (Å²) >= 11 is 0. The van der Waals surface area contributed by atoms with Gasteiger partial charge in [0.25, 0.3) is 0 Å². The molecule has 2 rings (SSSR count). The summed E-state index contributed by atoms with van der Waals surface area (Å²) in [5, 5.41) is 12.7. The van der Waals surface area contributed by atoms with Crippen molar-refractivity contribution in [3.05, 3.63) is 36.0 Å². The van der Waals surface area contributed by atoms with E-state index in [-0.39, 0.29) is 5.75 Å². The van der Waals surface area contributed by atoms with Crippen LogP contribution in [0.4, 0.5) is 5.82 Å². The van der Waals surface area contributed by atoms with Crippen molar-refractivity contribution in [2.24, 2.45) is 0 Å². The highest BCUT2D eigenvalue weighted by Gasteiger charge is 2.07. The number of aromatic nitrogens is 2. The van der Waals surface area contributed by atoms with E-state index in [1.54, 1.807) is 25.2 Å². The number of rotatable bonds is 2. The minimum absolute atomic E-state index is 0.190. The molecule has 1 heterocycles. The van der Waals surface area contributed by atoms with E-state index < -0.39 is 0 Å². The molecule has 2 N–H and O–H groups in total. The van der Waals surface area contributed by atoms with Crippen molar-refractivity contribution in [2.75, 3.05) is 12.4 Å². The molecule has 0 radical (unpaired) electrons. The molecule has 4 heteroatoms. The molecular formula is C12H13N3O. The second-order valence-electron chi connectivity index (χ2n) is 3.49. The summed E-state index contributed by atoms with van der Waals surface area (Å²) in [6, 6.07) is 8.89. The minimum atomic E-state index is 0.190. The average Bonchev–Trinajstić information content (AvgIpc) is 2.28. The van der Waals surface area contributed by atoms with Crippen molar-refractivity contribution in [1.29, 1.82) is 0 Å². The Morgan fingerprint density at radius 3 is 2.62 bits per heavy atom. The molecule has 0 aliphatic carbocycles. The number of benzene rings is 1. The molecule has 1 aromatic heterocycles. The molecule has 0 spiro atoms. The lowest BCUT2D eigenvalue weighted by molar-refractivity contribution is 0.477. The number of hydrogen-bond acceptors (Lipinski definition) is 4. The molecule has 2 aromatic rings. The van der Waals surface area contributed by atoms with Gasteiger partial charge in [-0.15, -0.1) is 0 Å². The van der Waals surface area contributed by atoms with Gasteiger partial charge in [-0.2, -0.15) is 0 Å². The van der Waals surface area contributed by atoms with Gasteiger partial charge in [-0.3, -0.25) is 0 Å². The molecule has 0 atom stereocenters. The zero-order valence-corrected chi connectivity index (χ0v) is 9.23. The first kappa shape index (κ1) is 10.4. The number of hydrogen-bond donors (Lipinski definition) is 2. The fraction of sp³-hybridized carbons (Fsp3) is 0.167. The van der Waals surface area contributed by atoms with Gasteiger partial charge in [-0.05, 0) is 19.1 Å². The second-order valence-corrected chi connectivity index (χ2v) is 3.49. The van der Waals surface area contributed by atoms with Crippen molar-refractivity contribution in [1.82, 2.24) is 9.97 Å². The molecule has 0 fully saturated rings. The number of para-hydroxylation sites is 1. The summed E-state index contributed by atoms with van der Waals surface area (Å²) in [7, 11) is 1.80. The topological polar surface area (TPSA) is 58.0 Å². The van der Waals surface area contributed by atoms with E-state index in [1.165, 1.54) is 0 Å². The normalized spacial score (nSPS) is 10.1. The first-order valence-corrected chi connectivity index (χ1v) is 5.02. The SMILES string of the molecule is CNc1cc(C)nc(-c2ccccc2O)n1. The van der Waals surface area contributed by atoms with Crippen LogP contribution < -0.4 is 5.32 Å². The second kappa shape index (κ2) is 4.18. The molecule has 0 saturated heterocycles. The third-order valence-corrected chi connectivity index (χ3v) is 2.26. The van der Waals surface area contributed by atoms with Gasteiger partial charge in [0.2, 0.25) is 0 Å². The molecule has 0 aliphatic heterocycles. The van der Waals surface area contributed by atoms with Gasteiger partial charge in [0.05, 0.1) is 5.56 Å². The monoisotopic (exact) mass is 215 g/mol. The molecule has 0 bridgehead atoms. The Morgan fingerprint density at radius 1 is 1.19 bits per heavy atom. The lowest BCUT2D eigenvalue weighted by atomic mass is 10.2. The minimum Gasteiger partial charge on any atom is -0.507 e. The van der Waals surface area contributed by atoms with Gasteiger partial charge in [-0.1, -0.05) is 12.1 Å². The van der Waals surface area contributed by atoms with Crippen molar-refractivity contribution in [3.63, 3.8) is 0 Å². The Morgan fingerprint density at radius 2 is 1.94 bits per heavy atom. The quantitative estimate of drug-likeness (QED) is 0.806. The summed E-state index contributed by atoms with van der Waals surface area (Å²) in [6.07, 6.45) is 0. The van der Waals surface area contributed by atoms with Crippen molar-refractivity contribution in [2.45, 2.75) is 6.92 Å². The zero-order chi connectivity index (χ0) is 11.5. The highest BCUT2D eigenvalue weighted by molar-refractivity contribution is 5.64. The Hall–Kier alpha value is -2.10. The number of phenolic OH excluding ortho intramolecular Hbond substituents is 1. The van der Waals surface area contributed by atoms with Crippen LogP contribution in [0, 0.1) is 6.92 Å². The number of phenols is 1. The summed E-state index contributed by atoms with van der Waals surface area (Å²) in [4.78, 5) is 8.60.